The summed E-state index contributed by atoms with van der Waals surface area (Å²) in [5.41, 5.74) is 1.23. The van der Waals surface area contributed by atoms with Crippen LogP contribution in [0.25, 0.3) is 0 Å². The second-order valence-corrected chi connectivity index (χ2v) is 5.41. The number of carbonyl (C=O) groups excluding carboxylic acids is 3. The van der Waals surface area contributed by atoms with Gasteiger partial charge in [-0.05, 0) is 17.7 Å². The van der Waals surface area contributed by atoms with E-state index in [0.717, 1.165) is 4.90 Å². The maximum atomic E-state index is 12.2. The zero-order valence-electron chi connectivity index (χ0n) is 12.8. The van der Waals surface area contributed by atoms with Crippen molar-refractivity contribution in [2.24, 2.45) is 0 Å². The molecule has 2 N–H and O–H groups in total. The average Bonchev–Trinajstić information content (AvgIpc) is 2.87. The zero-order valence-corrected chi connectivity index (χ0v) is 12.8. The summed E-state index contributed by atoms with van der Waals surface area (Å²) in [5.74, 6) is -1.31. The molecule has 0 bridgehead atoms. The van der Waals surface area contributed by atoms with Crippen molar-refractivity contribution in [2.75, 3.05) is 13.1 Å². The van der Waals surface area contributed by atoms with Crippen molar-refractivity contribution in [2.45, 2.75) is 6.10 Å². The third-order valence-corrected chi connectivity index (χ3v) is 3.88. The van der Waals surface area contributed by atoms with E-state index in [-0.39, 0.29) is 24.9 Å². The molecule has 122 valence electrons. The minimum absolute atomic E-state index is 0.0552. The van der Waals surface area contributed by atoms with E-state index in [2.05, 4.69) is 5.32 Å². The first-order valence-corrected chi connectivity index (χ1v) is 7.55. The van der Waals surface area contributed by atoms with E-state index in [1.165, 1.54) is 0 Å². The van der Waals surface area contributed by atoms with Crippen molar-refractivity contribution < 1.29 is 19.5 Å². The Morgan fingerprint density at radius 2 is 1.50 bits per heavy atom. The summed E-state index contributed by atoms with van der Waals surface area (Å²) < 4.78 is 0. The monoisotopic (exact) mass is 324 g/mol. The lowest BCUT2D eigenvalue weighted by molar-refractivity contribution is -0.129. The third kappa shape index (κ3) is 2.91. The molecule has 2 aromatic rings. The van der Waals surface area contributed by atoms with Crippen LogP contribution in [0.4, 0.5) is 0 Å². The predicted octanol–water partition coefficient (Wildman–Crippen LogP) is 1.13. The number of imide groups is 1. The molecule has 1 aliphatic rings. The van der Waals surface area contributed by atoms with Crippen LogP contribution in [0.15, 0.2) is 54.6 Å². The first kappa shape index (κ1) is 15.9. The predicted molar refractivity (Wildman–Crippen MR) is 86.2 cm³/mol. The molecule has 0 aliphatic carbocycles. The van der Waals surface area contributed by atoms with Gasteiger partial charge in [-0.15, -0.1) is 0 Å². The highest BCUT2D eigenvalue weighted by atomic mass is 16.3. The van der Waals surface area contributed by atoms with E-state index in [1.807, 2.05) is 0 Å². The normalized spacial score (nSPS) is 14.5. The van der Waals surface area contributed by atoms with Gasteiger partial charge in [0.15, 0.2) is 6.10 Å². The van der Waals surface area contributed by atoms with Gasteiger partial charge >= 0.3 is 0 Å². The Labute approximate surface area is 138 Å². The largest absolute Gasteiger partial charge is 0.378 e. The second kappa shape index (κ2) is 6.64. The first-order chi connectivity index (χ1) is 11.6. The molecule has 1 heterocycles. The molecule has 0 saturated carbocycles. The molecule has 6 heteroatoms. The van der Waals surface area contributed by atoms with E-state index in [0.29, 0.717) is 16.7 Å². The molecular formula is C18H16N2O4. The Hall–Kier alpha value is -2.99. The molecule has 6 nitrogen and oxygen atoms in total. The Bertz CT molecular complexity index is 754. The van der Waals surface area contributed by atoms with Crippen molar-refractivity contribution in [3.05, 3.63) is 71.3 Å². The maximum Gasteiger partial charge on any atom is 0.261 e. The molecule has 0 aromatic heterocycles. The number of fused-ring (bicyclic) bond motifs is 1. The highest BCUT2D eigenvalue weighted by Gasteiger charge is 2.34. The van der Waals surface area contributed by atoms with Crippen molar-refractivity contribution in [3.8, 4) is 0 Å². The quantitative estimate of drug-likeness (QED) is 0.807. The lowest BCUT2D eigenvalue weighted by Gasteiger charge is -2.16. The van der Waals surface area contributed by atoms with Crippen LogP contribution in [0.5, 0.6) is 0 Å². The van der Waals surface area contributed by atoms with E-state index >= 15 is 0 Å². The minimum Gasteiger partial charge on any atom is -0.378 e. The summed E-state index contributed by atoms with van der Waals surface area (Å²) in [6.45, 7) is 0.133. The number of aliphatic hydroxyl groups excluding tert-OH is 1. The number of amides is 3. The average molecular weight is 324 g/mol. The van der Waals surface area contributed by atoms with Gasteiger partial charge < -0.3 is 10.4 Å². The van der Waals surface area contributed by atoms with Crippen LogP contribution in [-0.4, -0.2) is 40.8 Å². The van der Waals surface area contributed by atoms with Gasteiger partial charge in [-0.2, -0.15) is 0 Å². The fraction of sp³-hybridized carbons (Fsp3) is 0.167. The van der Waals surface area contributed by atoms with Gasteiger partial charge in [0, 0.05) is 13.1 Å². The number of benzene rings is 2. The van der Waals surface area contributed by atoms with Crippen LogP contribution in [-0.2, 0) is 4.79 Å². The number of nitrogens with one attached hydrogen (secondary N) is 1. The molecule has 3 rings (SSSR count). The number of carbonyl (C=O) groups is 3. The van der Waals surface area contributed by atoms with Crippen molar-refractivity contribution in [1.29, 1.82) is 0 Å². The van der Waals surface area contributed by atoms with Gasteiger partial charge in [0.25, 0.3) is 17.7 Å². The molecule has 1 atom stereocenters. The van der Waals surface area contributed by atoms with E-state index in [1.54, 1.807) is 54.6 Å². The lowest BCUT2D eigenvalue weighted by atomic mass is 10.1. The van der Waals surface area contributed by atoms with Gasteiger partial charge in [-0.25, -0.2) is 0 Å². The van der Waals surface area contributed by atoms with Crippen molar-refractivity contribution in [3.63, 3.8) is 0 Å². The van der Waals surface area contributed by atoms with E-state index < -0.39 is 12.0 Å². The van der Waals surface area contributed by atoms with Crippen LogP contribution in [0.2, 0.25) is 0 Å². The number of hydrogen-bond donors (Lipinski definition) is 2. The highest BCUT2D eigenvalue weighted by molar-refractivity contribution is 6.21. The zero-order chi connectivity index (χ0) is 17.1. The maximum absolute atomic E-state index is 12.2. The molecule has 24 heavy (non-hydrogen) atoms. The van der Waals surface area contributed by atoms with Crippen LogP contribution in [0.3, 0.4) is 0 Å². The van der Waals surface area contributed by atoms with Crippen LogP contribution in [0.1, 0.15) is 32.4 Å². The summed E-state index contributed by atoms with van der Waals surface area (Å²) in [6, 6.07) is 15.1. The molecule has 0 spiro atoms. The first-order valence-electron chi connectivity index (χ1n) is 7.55. The van der Waals surface area contributed by atoms with Crippen LogP contribution >= 0.6 is 0 Å². The van der Waals surface area contributed by atoms with Gasteiger partial charge in [-0.1, -0.05) is 42.5 Å². The van der Waals surface area contributed by atoms with Gasteiger partial charge in [-0.3, -0.25) is 19.3 Å². The molecule has 0 saturated heterocycles. The number of aliphatic hydroxyl groups is 1. The summed E-state index contributed by atoms with van der Waals surface area (Å²) in [4.78, 5) is 37.4. The van der Waals surface area contributed by atoms with E-state index in [9.17, 15) is 19.5 Å². The second-order valence-electron chi connectivity index (χ2n) is 5.41. The third-order valence-electron chi connectivity index (χ3n) is 3.88. The van der Waals surface area contributed by atoms with Crippen molar-refractivity contribution >= 4 is 17.7 Å². The molecular weight excluding hydrogens is 308 g/mol. The summed E-state index contributed by atoms with van der Waals surface area (Å²) in [6.07, 6.45) is -1.28. The van der Waals surface area contributed by atoms with Crippen LogP contribution in [0, 0.1) is 0 Å². The Balaban J connectivity index is 1.57. The fourth-order valence-corrected chi connectivity index (χ4v) is 2.62. The standard InChI is InChI=1S/C18H16N2O4/c21-15(12-6-2-1-3-7-12)16(22)19-10-11-20-17(23)13-8-4-5-9-14(13)18(20)24/h1-9,15,21H,10-11H2,(H,19,22)/t15-/m1/s1. The highest BCUT2D eigenvalue weighted by Crippen LogP contribution is 2.21. The summed E-state index contributed by atoms with van der Waals surface area (Å²) in [5, 5.41) is 12.5. The van der Waals surface area contributed by atoms with Gasteiger partial charge in [0.2, 0.25) is 0 Å². The summed E-state index contributed by atoms with van der Waals surface area (Å²) in [7, 11) is 0. The topological polar surface area (TPSA) is 86.7 Å². The molecule has 0 fully saturated rings. The SMILES string of the molecule is O=C(NCCN1C(=O)c2ccccc2C1=O)[C@H](O)c1ccccc1. The lowest BCUT2D eigenvalue weighted by Crippen LogP contribution is -2.39. The van der Waals surface area contributed by atoms with Crippen molar-refractivity contribution in [1.82, 2.24) is 10.2 Å². The van der Waals surface area contributed by atoms with Gasteiger partial charge in [0.1, 0.15) is 0 Å². The molecule has 0 unspecified atom stereocenters. The molecule has 0 radical (unpaired) electrons. The minimum atomic E-state index is -1.28. The number of rotatable bonds is 5. The smallest absolute Gasteiger partial charge is 0.261 e. The Kier molecular flexibility index (Phi) is 4.39. The molecule has 1 aliphatic heterocycles. The Morgan fingerprint density at radius 3 is 2.08 bits per heavy atom. The number of hydrogen-bond acceptors (Lipinski definition) is 4. The number of nitrogens with zero attached hydrogens (tertiary/aromatic N) is 1. The van der Waals surface area contributed by atoms with Crippen LogP contribution < -0.4 is 5.32 Å². The fourth-order valence-electron chi connectivity index (χ4n) is 2.62. The Morgan fingerprint density at radius 1 is 0.958 bits per heavy atom. The molecule has 3 amide bonds. The molecule has 2 aromatic carbocycles. The van der Waals surface area contributed by atoms with E-state index in [4.69, 9.17) is 0 Å². The van der Waals surface area contributed by atoms with Gasteiger partial charge in [0.05, 0.1) is 11.1 Å². The summed E-state index contributed by atoms with van der Waals surface area (Å²) >= 11 is 0.